The zero-order valence-electron chi connectivity index (χ0n) is 19.4. The maximum absolute atomic E-state index is 3.12. The van der Waals surface area contributed by atoms with Gasteiger partial charge in [-0.3, -0.25) is 0 Å². The van der Waals surface area contributed by atoms with Crippen LogP contribution in [0.5, 0.6) is 0 Å². The number of hydrogen-bond donors (Lipinski definition) is 0. The summed E-state index contributed by atoms with van der Waals surface area (Å²) >= 11 is 0. The van der Waals surface area contributed by atoms with E-state index in [-0.39, 0.29) is 52.0 Å². The van der Waals surface area contributed by atoms with Crippen molar-refractivity contribution in [2.45, 2.75) is 52.0 Å². The average molecular weight is 501 g/mol. The fraction of sp³-hybridized carbons (Fsp3) is 0.200. The predicted molar refractivity (Wildman–Crippen MR) is 200 cm³/mol. The molecule has 0 aliphatic carbocycles. The van der Waals surface area contributed by atoms with E-state index in [1.165, 1.54) is 0 Å². The smallest absolute Gasteiger partial charge is 0.0572 e. The Morgan fingerprint density at radius 2 is 0.171 bits per heavy atom. The predicted octanol–water partition coefficient (Wildman–Crippen LogP) is 15.2. The van der Waals surface area contributed by atoms with Gasteiger partial charge in [0.05, 0.1) is 0 Å². The molecule has 0 saturated heterocycles. The van der Waals surface area contributed by atoms with Gasteiger partial charge in [-0.2, -0.15) is 0 Å². The van der Waals surface area contributed by atoms with Gasteiger partial charge in [0.25, 0.3) is 0 Å². The summed E-state index contributed by atoms with van der Waals surface area (Å²) in [5, 5.41) is 0. The lowest BCUT2D eigenvalue weighted by molar-refractivity contribution is 2.50. The Morgan fingerprint density at radius 1 is 0.171 bits per heavy atom. The Labute approximate surface area is 234 Å². The summed E-state index contributed by atoms with van der Waals surface area (Å²) in [5.74, 6) is 0. The molecule has 0 saturated carbocycles. The van der Waals surface area contributed by atoms with E-state index in [9.17, 15) is 0 Å². The summed E-state index contributed by atoms with van der Waals surface area (Å²) in [5.41, 5.74) is 4.50. The highest BCUT2D eigenvalue weighted by Gasteiger charge is 0.908. The third-order valence-electron chi connectivity index (χ3n) is 0. The molecular weight excluding hydrogens is 420 g/mol. The van der Waals surface area contributed by atoms with Gasteiger partial charge in [0, 0.05) is 0 Å². The van der Waals surface area contributed by atoms with Gasteiger partial charge in [-0.1, -0.05) is 78.3 Å². The Morgan fingerprint density at radius 3 is 0.171 bits per heavy atom. The fourth-order valence-electron chi connectivity index (χ4n) is 0. The highest BCUT2D eigenvalue weighted by molar-refractivity contribution is 4.52. The van der Waals surface area contributed by atoms with Crippen LogP contribution in [0, 0.1) is 0 Å². The second-order valence-corrected chi connectivity index (χ2v) is 0.500. The third-order valence-corrected chi connectivity index (χ3v) is 0. The fourth-order valence-corrected chi connectivity index (χ4v) is 0. The van der Waals surface area contributed by atoms with Crippen molar-refractivity contribution in [2.75, 3.05) is 0 Å². The molecule has 0 aromatic rings. The van der Waals surface area contributed by atoms with E-state index in [4.69, 9.17) is 0 Å². The van der Waals surface area contributed by atoms with Gasteiger partial charge >= 0.3 is 0 Å². The summed E-state index contributed by atoms with van der Waals surface area (Å²) < 4.78 is 0. The Balaban J connectivity index is -0.00000000382. The van der Waals surface area contributed by atoms with Crippen LogP contribution in [0.25, 0.3) is 0 Å². The molecule has 0 aromatic heterocycles. The van der Waals surface area contributed by atoms with E-state index < -0.39 is 0 Å². The van der Waals surface area contributed by atoms with E-state index in [1.54, 1.807) is 0 Å². The van der Waals surface area contributed by atoms with Crippen molar-refractivity contribution in [2.24, 2.45) is 0 Å². The average Bonchev–Trinajstić information content (AvgIpc) is 2.88. The van der Waals surface area contributed by atoms with Gasteiger partial charge in [-0.15, -0.1) is 156 Å². The normalized spacial score (nSPS) is 1.71. The lowest BCUT2D eigenvalue weighted by atomic mass is 11.0. The van der Waals surface area contributed by atoms with Gasteiger partial charge in [0.15, 0.2) is 0 Å². The molecule has 0 unspecified atom stereocenters. The van der Waals surface area contributed by atoms with Crippen LogP contribution >= 0.6 is 0 Å². The molecule has 0 heterocycles. The molecule has 0 N–H and O–H groups in total. The molecule has 35 heavy (non-hydrogen) atoms. The van der Waals surface area contributed by atoms with Crippen molar-refractivity contribution < 1.29 is 0 Å². The molecule has 0 atom stereocenters. The van der Waals surface area contributed by atoms with Crippen molar-refractivity contribution in [3.05, 3.63) is 183 Å². The maximum Gasteiger partial charge on any atom is -0.0572 e. The highest BCUT2D eigenvalue weighted by Crippen LogP contribution is 1.16. The molecule has 0 aromatic carbocycles. The van der Waals surface area contributed by atoms with Crippen LogP contribution in [0.4, 0.5) is 0 Å². The summed E-state index contributed by atoms with van der Waals surface area (Å²) in [4.78, 5) is 0. The standard InChI is InChI=1S/2C3H4.11C2H4.7CH4/c2*1-3-2;11*1-2;;;;;;;/h2*1-2H2;11*1-2H2;7*1H4. The van der Waals surface area contributed by atoms with E-state index in [0.29, 0.717) is 0 Å². The van der Waals surface area contributed by atoms with E-state index in [2.05, 4.69) is 183 Å². The van der Waals surface area contributed by atoms with Crippen LogP contribution < -0.4 is 0 Å². The van der Waals surface area contributed by atoms with Crippen LogP contribution in [-0.2, 0) is 0 Å². The van der Waals surface area contributed by atoms with E-state index in [0.717, 1.165) is 0 Å². The molecule has 0 aliphatic rings. The van der Waals surface area contributed by atoms with Crippen molar-refractivity contribution in [3.63, 3.8) is 0 Å². The molecule has 0 aliphatic heterocycles. The third kappa shape index (κ3) is 1640. The summed E-state index contributed by atoms with van der Waals surface area (Å²) in [6, 6.07) is 0. The first-order valence-corrected chi connectivity index (χ1v) is 6.91. The van der Waals surface area contributed by atoms with Gasteiger partial charge in [-0.25, -0.2) is 0 Å². The van der Waals surface area contributed by atoms with Crippen LogP contribution in [0.15, 0.2) is 183 Å². The first-order valence-electron chi connectivity index (χ1n) is 6.91. The molecule has 0 bridgehead atoms. The quantitative estimate of drug-likeness (QED) is 0.229. The Bertz CT molecular complexity index is 138. The summed E-state index contributed by atoms with van der Waals surface area (Å²) in [7, 11) is 0. The SMILES string of the molecule is C.C.C.C.C.C.C.C=C.C=C.C=C.C=C.C=C.C=C.C=C.C=C.C=C.C=C.C=C.C=C=C.C=C=C. The highest BCUT2D eigenvalue weighted by atomic mass is 13.0. The van der Waals surface area contributed by atoms with Crippen LogP contribution in [0.3, 0.4) is 0 Å². The zero-order chi connectivity index (χ0) is 27.4. The second-order valence-electron chi connectivity index (χ2n) is 0.500. The minimum Gasteiger partial charge on any atom is -0.137 e. The zero-order valence-corrected chi connectivity index (χ0v) is 19.4. The maximum atomic E-state index is 3.12. The molecule has 0 fully saturated rings. The minimum atomic E-state index is 0. The second kappa shape index (κ2) is 7760. The first-order chi connectivity index (χ1) is 13.8. The molecule has 0 rings (SSSR count). The van der Waals surface area contributed by atoms with Crippen LogP contribution in [-0.4, -0.2) is 0 Å². The largest absolute Gasteiger partial charge is 0.137 e. The van der Waals surface area contributed by atoms with Crippen LogP contribution in [0.2, 0.25) is 0 Å². The van der Waals surface area contributed by atoms with Crippen molar-refractivity contribution in [3.8, 4) is 0 Å². The summed E-state index contributed by atoms with van der Waals surface area (Å²) in [6.07, 6.45) is 0. The molecule has 0 nitrogen and oxygen atoms in total. The molecule has 0 radical (unpaired) electrons. The van der Waals surface area contributed by atoms with E-state index in [1.807, 2.05) is 0 Å². The van der Waals surface area contributed by atoms with Crippen molar-refractivity contribution in [1.29, 1.82) is 0 Å². The topological polar surface area (TPSA) is 0 Å². The van der Waals surface area contributed by atoms with Crippen molar-refractivity contribution >= 4 is 0 Å². The summed E-state index contributed by atoms with van der Waals surface area (Å²) in [6.45, 7) is 78.5. The lowest BCUT2D eigenvalue weighted by Gasteiger charge is -1.10. The van der Waals surface area contributed by atoms with E-state index >= 15 is 0 Å². The van der Waals surface area contributed by atoms with Crippen LogP contribution in [0.1, 0.15) is 52.0 Å². The molecule has 220 valence electrons. The molecule has 0 amide bonds. The van der Waals surface area contributed by atoms with Gasteiger partial charge in [0.2, 0.25) is 0 Å². The van der Waals surface area contributed by atoms with Gasteiger partial charge < -0.3 is 0 Å². The van der Waals surface area contributed by atoms with Gasteiger partial charge in [-0.05, 0) is 0 Å². The number of rotatable bonds is 0. The lowest BCUT2D eigenvalue weighted by Crippen LogP contribution is -0.844. The number of hydrogen-bond acceptors (Lipinski definition) is 0. The molecule has 0 heteroatoms. The minimum absolute atomic E-state index is 0. The Kier molecular flexibility index (Phi) is 50400. The van der Waals surface area contributed by atoms with Gasteiger partial charge in [0.1, 0.15) is 0 Å². The molecule has 0 spiro atoms. The Hall–Kier alpha value is -3.82. The molecular formula is C35H80. The first kappa shape index (κ1) is 227. The monoisotopic (exact) mass is 501 g/mol. The van der Waals surface area contributed by atoms with Crippen molar-refractivity contribution in [1.82, 2.24) is 0 Å².